The zero-order chi connectivity index (χ0) is 71.7. The summed E-state index contributed by atoms with van der Waals surface area (Å²) >= 11 is 0. The summed E-state index contributed by atoms with van der Waals surface area (Å²) < 4.78 is 65.7. The Labute approximate surface area is 581 Å². The van der Waals surface area contributed by atoms with E-state index in [1.165, 1.54) is 35.2 Å². The predicted molar refractivity (Wildman–Crippen MR) is 385 cm³/mol. The van der Waals surface area contributed by atoms with Crippen molar-refractivity contribution in [2.24, 2.45) is 0 Å². The quantitative estimate of drug-likeness (QED) is 0.0376. The number of hydrogen-bond donors (Lipinski definition) is 3. The average molecular weight is 1390 g/mol. The highest BCUT2D eigenvalue weighted by molar-refractivity contribution is 6.74. The van der Waals surface area contributed by atoms with E-state index in [-0.39, 0.29) is 46.7 Å². The molecule has 8 aromatic rings. The maximum absolute atomic E-state index is 13.3. The highest BCUT2D eigenvalue weighted by Gasteiger charge is 2.53. The number of nitrogens with zero attached hydrogens (tertiary/aromatic N) is 4. The summed E-state index contributed by atoms with van der Waals surface area (Å²) in [4.78, 5) is 58.0. The summed E-state index contributed by atoms with van der Waals surface area (Å²) in [7, 11) is 1.72. The van der Waals surface area contributed by atoms with Crippen LogP contribution in [0.2, 0.25) is 36.3 Å². The lowest BCUT2D eigenvalue weighted by atomic mass is 9.80. The highest BCUT2D eigenvalue weighted by Crippen LogP contribution is 2.48. The summed E-state index contributed by atoms with van der Waals surface area (Å²) in [6.07, 6.45) is -2.04. The number of carbonyl (C=O) groups excluding carboxylic acids is 2. The van der Waals surface area contributed by atoms with Gasteiger partial charge in [-0.05, 0) is 130 Å². The van der Waals surface area contributed by atoms with E-state index >= 15 is 0 Å². The smallest absolute Gasteiger partial charge is 0.351 e. The highest BCUT2D eigenvalue weighted by atomic mass is 28.4. The van der Waals surface area contributed by atoms with Gasteiger partial charge in [-0.3, -0.25) is 18.7 Å². The summed E-state index contributed by atoms with van der Waals surface area (Å²) in [6.45, 7) is 24.2. The number of aliphatic hydroxyl groups is 1. The molecule has 4 heterocycles. The van der Waals surface area contributed by atoms with Gasteiger partial charge in [0.2, 0.25) is 11.8 Å². The maximum Gasteiger partial charge on any atom is 0.351 e. The molecule has 2 fully saturated rings. The second kappa shape index (κ2) is 31.3. The minimum atomic E-state index is -2.50. The number of aromatic nitrogens is 4. The molecule has 2 amide bonds. The minimum absolute atomic E-state index is 0.0736. The molecule has 0 unspecified atom stereocenters. The topological polar surface area (TPSA) is 241 Å². The Hall–Kier alpha value is -8.63. The monoisotopic (exact) mass is 1390 g/mol. The molecule has 99 heavy (non-hydrogen) atoms. The Morgan fingerprint density at radius 1 is 0.495 bits per heavy atom. The Bertz CT molecular complexity index is 4010. The molecule has 2 saturated heterocycles. The Morgan fingerprint density at radius 3 is 1.18 bits per heavy atom. The van der Waals surface area contributed by atoms with Crippen molar-refractivity contribution in [3.05, 3.63) is 237 Å². The van der Waals surface area contributed by atoms with Crippen molar-refractivity contribution in [1.29, 1.82) is 0 Å². The molecule has 2 aliphatic rings. The third-order valence-corrected chi connectivity index (χ3v) is 28.0. The number of nitrogens with one attached hydrogen (secondary N) is 2. The molecule has 0 radical (unpaired) electrons. The molecule has 2 aliphatic heterocycles. The van der Waals surface area contributed by atoms with Crippen molar-refractivity contribution in [1.82, 2.24) is 19.1 Å². The Balaban J connectivity index is 0.000000231. The molecule has 0 saturated carbocycles. The minimum Gasteiger partial charge on any atom is -0.497 e. The lowest BCUT2D eigenvalue weighted by Crippen LogP contribution is -2.49. The van der Waals surface area contributed by atoms with E-state index in [1.807, 2.05) is 146 Å². The average Bonchev–Trinajstić information content (AvgIpc) is 1.23. The van der Waals surface area contributed by atoms with Gasteiger partial charge in [0.05, 0.1) is 53.9 Å². The fraction of sp³-hybridized carbons (Fsp3) is 0.395. The number of ether oxygens (including phenoxy) is 8. The number of methoxy groups -OCH3 is 4. The molecule has 0 spiro atoms. The second-order valence-corrected chi connectivity index (χ2v) is 37.2. The maximum atomic E-state index is 13.3. The van der Waals surface area contributed by atoms with Crippen LogP contribution in [-0.4, -0.2) is 125 Å². The van der Waals surface area contributed by atoms with Gasteiger partial charge in [0.15, 0.2) is 29.1 Å². The van der Waals surface area contributed by atoms with Gasteiger partial charge >= 0.3 is 11.4 Å². The predicted octanol–water partition coefficient (Wildman–Crippen LogP) is 12.8. The van der Waals surface area contributed by atoms with Gasteiger partial charge in [0.25, 0.3) is 0 Å². The van der Waals surface area contributed by atoms with Crippen LogP contribution in [0.3, 0.4) is 0 Å². The van der Waals surface area contributed by atoms with Crippen molar-refractivity contribution in [2.45, 2.75) is 152 Å². The third-order valence-electron chi connectivity index (χ3n) is 19.1. The molecule has 0 aliphatic carbocycles. The van der Waals surface area contributed by atoms with Crippen LogP contribution in [-0.2, 0) is 48.6 Å². The molecule has 7 atom stereocenters. The van der Waals surface area contributed by atoms with Crippen LogP contribution in [0.1, 0.15) is 108 Å². The number of aliphatic hydroxyl groups excluding tert-OH is 1. The molecule has 6 aromatic carbocycles. The Kier molecular flexibility index (Phi) is 23.6. The lowest BCUT2D eigenvalue weighted by molar-refractivity contribution is -0.115. The molecule has 23 heteroatoms. The fourth-order valence-electron chi connectivity index (χ4n) is 11.7. The van der Waals surface area contributed by atoms with E-state index in [9.17, 15) is 24.3 Å². The molecular weight excluding hydrogens is 1290 g/mol. The van der Waals surface area contributed by atoms with Gasteiger partial charge in [0.1, 0.15) is 64.1 Å². The fourth-order valence-corrected chi connectivity index (χ4v) is 14.4. The van der Waals surface area contributed by atoms with Crippen LogP contribution in [0.5, 0.6) is 23.0 Å². The van der Waals surface area contributed by atoms with E-state index in [4.69, 9.17) is 46.7 Å². The van der Waals surface area contributed by atoms with Crippen LogP contribution in [0.15, 0.2) is 192 Å². The number of anilines is 2. The van der Waals surface area contributed by atoms with Crippen molar-refractivity contribution < 1.29 is 61.4 Å². The van der Waals surface area contributed by atoms with Gasteiger partial charge in [-0.2, -0.15) is 9.97 Å². The van der Waals surface area contributed by atoms with Crippen LogP contribution in [0.25, 0.3) is 0 Å². The van der Waals surface area contributed by atoms with E-state index in [2.05, 4.69) is 100 Å². The van der Waals surface area contributed by atoms with E-state index in [0.717, 1.165) is 44.9 Å². The van der Waals surface area contributed by atoms with Gasteiger partial charge in [-0.1, -0.05) is 151 Å². The second-order valence-electron chi connectivity index (χ2n) is 27.7. The first-order chi connectivity index (χ1) is 47.0. The summed E-state index contributed by atoms with van der Waals surface area (Å²) in [6, 6.07) is 54.1. The van der Waals surface area contributed by atoms with Crippen molar-refractivity contribution >= 4 is 40.1 Å². The number of carbonyl (C=O) groups is 2. The summed E-state index contributed by atoms with van der Waals surface area (Å²) in [5, 5.41) is 16.8. The number of hydrogen-bond acceptors (Lipinski definition) is 17. The standard InChI is InChI=1S/C38H47N3O8Si.C38H47N3O7Si/c1-25(42)39-32-22-23-41(36(44)40-32)35-34(49-50(7,8)37(2,3)4)33(43)31(48-35)24-47-38(26-12-10-9-11-13-26,27-14-18-29(45-5)19-15-27)28-16-20-30(46-6)21-17-28;1-26(42)39-34-22-23-41(36(43)40-34)35-33(48-49(7,8)37(2,3)4)24-32(47-35)25-46-38(27-12-10-9-11-13-27,28-14-18-30(44-5)19-15-28)29-16-20-31(45-6)21-17-29/h9-23,31,33-35,43H,24H2,1-8H3,(H,39,40,42,44);9-23,32-33,35H,24-25H2,1-8H3,(H,39,40,42,43)/t31-,33-,34-,35-;32-,33+,35+/m10/s1. The summed E-state index contributed by atoms with van der Waals surface area (Å²) in [5.74, 6) is 2.48. The molecular formula is C76H94N6O15Si2. The van der Waals surface area contributed by atoms with Crippen molar-refractivity contribution in [2.75, 3.05) is 52.3 Å². The van der Waals surface area contributed by atoms with Gasteiger partial charge < -0.3 is 62.5 Å². The van der Waals surface area contributed by atoms with E-state index < -0.39 is 82.2 Å². The first-order valence-electron chi connectivity index (χ1n) is 33.0. The molecule has 526 valence electrons. The third kappa shape index (κ3) is 16.8. The normalized spacial score (nSPS) is 18.9. The zero-order valence-corrected chi connectivity index (χ0v) is 61.4. The van der Waals surface area contributed by atoms with E-state index in [0.29, 0.717) is 17.9 Å². The zero-order valence-electron chi connectivity index (χ0n) is 59.4. The number of benzene rings is 6. The summed E-state index contributed by atoms with van der Waals surface area (Å²) in [5.41, 5.74) is 1.84. The van der Waals surface area contributed by atoms with Gasteiger partial charge in [0, 0.05) is 32.7 Å². The lowest BCUT2D eigenvalue weighted by Gasteiger charge is -2.40. The van der Waals surface area contributed by atoms with Gasteiger partial charge in [-0.25, -0.2) is 9.59 Å². The molecule has 2 aromatic heterocycles. The first-order valence-corrected chi connectivity index (χ1v) is 38.8. The van der Waals surface area contributed by atoms with Crippen molar-refractivity contribution in [3.8, 4) is 23.0 Å². The molecule has 3 N–H and O–H groups in total. The molecule has 0 bridgehead atoms. The van der Waals surface area contributed by atoms with Gasteiger partial charge in [-0.15, -0.1) is 0 Å². The van der Waals surface area contributed by atoms with Crippen LogP contribution < -0.4 is 41.0 Å². The van der Waals surface area contributed by atoms with Crippen molar-refractivity contribution in [3.63, 3.8) is 0 Å². The SMILES string of the molecule is COc1ccc(C(OC[C@@H]2C[C@@H](O[Si](C)(C)C(C)(C)C)[C@H](n3ccc(NC(C)=O)nc3=O)O2)(c2ccccc2)c2ccc(OC)cc2)cc1.COc1ccc(C(OC[C@H]2O[C@@H](n3ccc(NC(C)=O)nc3=O)[C@H](O[Si](C)(C)C(C)(C)C)[C@@H]2O)(c2ccccc2)c2ccc(OC)cc2)cc1. The first kappa shape index (κ1) is 74.6. The number of rotatable bonds is 24. The molecule has 21 nitrogen and oxygen atoms in total. The number of amides is 2. The van der Waals surface area contributed by atoms with Crippen LogP contribution in [0, 0.1) is 0 Å². The Morgan fingerprint density at radius 2 is 0.838 bits per heavy atom. The van der Waals surface area contributed by atoms with Crippen LogP contribution >= 0.6 is 0 Å². The van der Waals surface area contributed by atoms with Crippen LogP contribution in [0.4, 0.5) is 11.6 Å². The van der Waals surface area contributed by atoms with E-state index in [1.54, 1.807) is 40.7 Å². The molecule has 10 rings (SSSR count). The largest absolute Gasteiger partial charge is 0.497 e.